The van der Waals surface area contributed by atoms with E-state index in [1.54, 1.807) is 12.1 Å². The van der Waals surface area contributed by atoms with Crippen molar-refractivity contribution in [1.29, 1.82) is 0 Å². The van der Waals surface area contributed by atoms with Crippen LogP contribution >= 0.6 is 11.6 Å². The number of morpholine rings is 1. The molecule has 198 valence electrons. The second-order valence-electron chi connectivity index (χ2n) is 8.81. The summed E-state index contributed by atoms with van der Waals surface area (Å²) in [6.07, 6.45) is 2.03. The molecule has 1 aliphatic heterocycles. The molecule has 0 amide bonds. The number of benzene rings is 3. The molecule has 1 aliphatic rings. The first-order valence-corrected chi connectivity index (χ1v) is 12.8. The van der Waals surface area contributed by atoms with Crippen LogP contribution in [0.15, 0.2) is 72.8 Å². The van der Waals surface area contributed by atoms with Gasteiger partial charge in [0.2, 0.25) is 0 Å². The molecule has 0 saturated carbocycles. The molecule has 8 heteroatoms. The van der Waals surface area contributed by atoms with Gasteiger partial charge in [-0.15, -0.1) is 0 Å². The van der Waals surface area contributed by atoms with Crippen LogP contribution in [0, 0.1) is 18.8 Å². The number of halogens is 1. The van der Waals surface area contributed by atoms with Crippen molar-refractivity contribution in [2.75, 3.05) is 46.1 Å². The van der Waals surface area contributed by atoms with E-state index in [1.807, 2.05) is 55.5 Å². The Morgan fingerprint density at radius 3 is 2.33 bits per heavy atom. The second-order valence-corrected chi connectivity index (χ2v) is 9.25. The van der Waals surface area contributed by atoms with Gasteiger partial charge in [0, 0.05) is 23.7 Å². The fraction of sp³-hybridized carbons (Fsp3) is 0.258. The van der Waals surface area contributed by atoms with Gasteiger partial charge in [0.1, 0.15) is 18.1 Å². The van der Waals surface area contributed by atoms with Crippen LogP contribution in [0.1, 0.15) is 22.3 Å². The van der Waals surface area contributed by atoms with Gasteiger partial charge in [-0.25, -0.2) is 4.79 Å². The number of carboxylic acid groups (broad SMARTS) is 1. The molecule has 1 heterocycles. The van der Waals surface area contributed by atoms with Crippen LogP contribution in [0.25, 0.3) is 5.57 Å². The summed E-state index contributed by atoms with van der Waals surface area (Å²) < 4.78 is 16.7. The third-order valence-electron chi connectivity index (χ3n) is 6.03. The van der Waals surface area contributed by atoms with Gasteiger partial charge in [0.05, 0.1) is 19.8 Å². The SMILES string of the molecule is Cc1cc(OC/C=C(\c2ccc(Cl)cc2)c2ccc(C#CCN3CCOCC3)cc2)ccc1OCC(=O)O.[NaH]. The number of ether oxygens (including phenoxy) is 3. The zero-order valence-electron chi connectivity index (χ0n) is 21.3. The summed E-state index contributed by atoms with van der Waals surface area (Å²) in [5, 5.41) is 9.50. The van der Waals surface area contributed by atoms with Crippen molar-refractivity contribution in [3.8, 4) is 23.3 Å². The monoisotopic (exact) mass is 555 g/mol. The molecule has 3 aromatic carbocycles. The molecular formula is C31H31ClNNaO5. The number of hydrogen-bond acceptors (Lipinski definition) is 5. The van der Waals surface area contributed by atoms with Gasteiger partial charge in [-0.2, -0.15) is 0 Å². The Bertz CT molecular complexity index is 1320. The molecule has 0 bridgehead atoms. The molecule has 0 radical (unpaired) electrons. The summed E-state index contributed by atoms with van der Waals surface area (Å²) in [7, 11) is 0. The summed E-state index contributed by atoms with van der Waals surface area (Å²) in [4.78, 5) is 13.1. The third kappa shape index (κ3) is 9.74. The molecule has 0 spiro atoms. The molecule has 0 unspecified atom stereocenters. The van der Waals surface area contributed by atoms with Crippen LogP contribution in [0.4, 0.5) is 0 Å². The summed E-state index contributed by atoms with van der Waals surface area (Å²) >= 11 is 6.13. The van der Waals surface area contributed by atoms with Crippen LogP contribution in [0.3, 0.4) is 0 Å². The van der Waals surface area contributed by atoms with E-state index in [9.17, 15) is 4.79 Å². The second kappa shape index (κ2) is 15.7. The Balaban J connectivity index is 0.00000420. The molecule has 3 aromatic rings. The Hall–Kier alpha value is -2.76. The first kappa shape index (κ1) is 30.8. The number of nitrogens with zero attached hydrogens (tertiary/aromatic N) is 1. The Kier molecular flexibility index (Phi) is 12.4. The average Bonchev–Trinajstić information content (AvgIpc) is 2.92. The summed E-state index contributed by atoms with van der Waals surface area (Å²) in [5.74, 6) is 6.70. The molecule has 1 N–H and O–H groups in total. The zero-order valence-corrected chi connectivity index (χ0v) is 22.0. The average molecular weight is 556 g/mol. The number of aliphatic carboxylic acids is 1. The summed E-state index contributed by atoms with van der Waals surface area (Å²) in [5.41, 5.74) is 4.86. The van der Waals surface area contributed by atoms with E-state index in [1.165, 1.54) is 0 Å². The number of rotatable bonds is 9. The van der Waals surface area contributed by atoms with E-state index in [0.29, 0.717) is 23.1 Å². The molecule has 1 saturated heterocycles. The van der Waals surface area contributed by atoms with E-state index >= 15 is 0 Å². The fourth-order valence-electron chi connectivity index (χ4n) is 4.01. The molecule has 4 rings (SSSR count). The van der Waals surface area contributed by atoms with Crippen LogP contribution in [-0.2, 0) is 9.53 Å². The van der Waals surface area contributed by atoms with Crippen molar-refractivity contribution in [2.24, 2.45) is 0 Å². The first-order valence-electron chi connectivity index (χ1n) is 12.4. The third-order valence-corrected chi connectivity index (χ3v) is 6.28. The van der Waals surface area contributed by atoms with E-state index in [-0.39, 0.29) is 36.2 Å². The van der Waals surface area contributed by atoms with Crippen LogP contribution in [0.2, 0.25) is 5.02 Å². The molecular weight excluding hydrogens is 525 g/mol. The number of aryl methyl sites for hydroxylation is 1. The Labute approximate surface area is 256 Å². The fourth-order valence-corrected chi connectivity index (χ4v) is 4.14. The molecule has 0 aromatic heterocycles. The first-order chi connectivity index (χ1) is 18.5. The summed E-state index contributed by atoms with van der Waals surface area (Å²) in [6.45, 7) is 5.94. The van der Waals surface area contributed by atoms with Crippen molar-refractivity contribution in [3.05, 3.63) is 100 Å². The van der Waals surface area contributed by atoms with E-state index < -0.39 is 5.97 Å². The number of hydrogen-bond donors (Lipinski definition) is 1. The molecule has 0 aliphatic carbocycles. The topological polar surface area (TPSA) is 68.2 Å². The van der Waals surface area contributed by atoms with Gasteiger partial charge in [0.15, 0.2) is 6.61 Å². The van der Waals surface area contributed by atoms with Gasteiger partial charge in [-0.1, -0.05) is 47.7 Å². The Morgan fingerprint density at radius 1 is 1.03 bits per heavy atom. The molecule has 6 nitrogen and oxygen atoms in total. The minimum absolute atomic E-state index is 0. The van der Waals surface area contributed by atoms with Gasteiger partial charge in [0.25, 0.3) is 0 Å². The minimum atomic E-state index is -1.02. The van der Waals surface area contributed by atoms with Crippen molar-refractivity contribution < 1.29 is 24.1 Å². The van der Waals surface area contributed by atoms with Gasteiger partial charge in [-0.05, 0) is 77.7 Å². The van der Waals surface area contributed by atoms with Crippen LogP contribution in [0.5, 0.6) is 11.5 Å². The summed E-state index contributed by atoms with van der Waals surface area (Å²) in [6, 6.07) is 21.2. The van der Waals surface area contributed by atoms with E-state index in [2.05, 4.69) is 28.9 Å². The van der Waals surface area contributed by atoms with Crippen molar-refractivity contribution in [1.82, 2.24) is 4.90 Å². The zero-order chi connectivity index (χ0) is 26.7. The maximum absolute atomic E-state index is 10.8. The standard InChI is InChI=1S/C31H30ClNO5.Na.H/c1-23-21-28(12-13-30(23)38-22-31(34)35)37-18-14-29(26-8-10-27(32)11-9-26)25-6-4-24(5-7-25)3-2-15-33-16-19-36-20-17-33;;/h4-14,21H,15-20,22H2,1H3,(H,34,35);;/b29-14-;;. The molecule has 0 atom stereocenters. The predicted molar refractivity (Wildman–Crippen MR) is 156 cm³/mol. The maximum atomic E-state index is 10.8. The van der Waals surface area contributed by atoms with Crippen LogP contribution in [-0.4, -0.2) is 91.6 Å². The van der Waals surface area contributed by atoms with Crippen molar-refractivity contribution in [2.45, 2.75) is 6.92 Å². The van der Waals surface area contributed by atoms with Crippen molar-refractivity contribution >= 4 is 52.7 Å². The molecule has 39 heavy (non-hydrogen) atoms. The quantitative estimate of drug-likeness (QED) is 0.306. The van der Waals surface area contributed by atoms with Gasteiger partial charge >= 0.3 is 35.5 Å². The van der Waals surface area contributed by atoms with E-state index in [4.69, 9.17) is 30.9 Å². The van der Waals surface area contributed by atoms with Crippen LogP contribution < -0.4 is 9.47 Å². The van der Waals surface area contributed by atoms with E-state index in [0.717, 1.165) is 60.7 Å². The number of carbonyl (C=O) groups is 1. The number of carboxylic acids is 1. The Morgan fingerprint density at radius 2 is 1.69 bits per heavy atom. The predicted octanol–water partition coefficient (Wildman–Crippen LogP) is 4.66. The van der Waals surface area contributed by atoms with Crippen molar-refractivity contribution in [3.63, 3.8) is 0 Å². The van der Waals surface area contributed by atoms with Gasteiger partial charge < -0.3 is 19.3 Å². The van der Waals surface area contributed by atoms with Gasteiger partial charge in [-0.3, -0.25) is 4.90 Å². The normalized spacial score (nSPS) is 13.5. The molecule has 1 fully saturated rings.